The number of ether oxygens (including phenoxy) is 6. The standard InChI is InChI=1S/C36H49NO11/c1-19-17-20(2)36-24(13-14-25-27(36)28(38)21(3)30(31(25)48-36)47-32(39)23-11-8-9-12-23)18-26(43-7)33(40)46-29(19)22(4)45-35(42)34(41)44-16-10-15-37(5)6/h8-9,11,13-14,17,19,21-22,24-31,38H,10,12,15-16,18H2,1-7H3/b20-17+/t19-,21-,22-,24-,25?,26+,27?,28?,29+,30-,31-,36+/m1/s1. The number of carbonyl (C=O) groups excluding carboxylic acids is 4. The Morgan fingerprint density at radius 3 is 2.58 bits per heavy atom. The molecule has 0 aromatic carbocycles. The molecule has 2 fully saturated rings. The molecule has 0 aromatic rings. The van der Waals surface area contributed by atoms with Crippen molar-refractivity contribution in [3.8, 4) is 0 Å². The first-order chi connectivity index (χ1) is 22.8. The van der Waals surface area contributed by atoms with E-state index >= 15 is 0 Å². The summed E-state index contributed by atoms with van der Waals surface area (Å²) in [4.78, 5) is 53.6. The van der Waals surface area contributed by atoms with E-state index in [1.165, 1.54) is 7.11 Å². The van der Waals surface area contributed by atoms with Gasteiger partial charge in [-0.15, -0.1) is 0 Å². The molecule has 3 aliphatic carbocycles. The van der Waals surface area contributed by atoms with Crippen LogP contribution in [0, 0.1) is 29.6 Å². The highest BCUT2D eigenvalue weighted by atomic mass is 16.6. The van der Waals surface area contributed by atoms with Gasteiger partial charge >= 0.3 is 23.9 Å². The van der Waals surface area contributed by atoms with E-state index in [-0.39, 0.29) is 30.8 Å². The van der Waals surface area contributed by atoms with Crippen LogP contribution in [0.5, 0.6) is 0 Å². The van der Waals surface area contributed by atoms with Gasteiger partial charge in [-0.1, -0.05) is 50.3 Å². The van der Waals surface area contributed by atoms with Gasteiger partial charge in [0.1, 0.15) is 30.0 Å². The van der Waals surface area contributed by atoms with Gasteiger partial charge in [-0.2, -0.15) is 0 Å². The Morgan fingerprint density at radius 2 is 1.92 bits per heavy atom. The van der Waals surface area contributed by atoms with Gasteiger partial charge in [0.15, 0.2) is 6.10 Å². The first-order valence-corrected chi connectivity index (χ1v) is 16.9. The fraction of sp³-hybridized carbons (Fsp3) is 0.667. The smallest absolute Gasteiger partial charge is 0.417 e. The second kappa shape index (κ2) is 14.7. The average molecular weight is 672 g/mol. The molecule has 0 aromatic heterocycles. The number of hydrogen-bond donors (Lipinski definition) is 1. The molecule has 4 bridgehead atoms. The third-order valence-electron chi connectivity index (χ3n) is 10.6. The third kappa shape index (κ3) is 6.77. The zero-order chi connectivity index (χ0) is 34.9. The molecule has 3 unspecified atom stereocenters. The third-order valence-corrected chi connectivity index (χ3v) is 10.6. The summed E-state index contributed by atoms with van der Waals surface area (Å²) in [6.07, 6.45) is 7.51. The molecule has 1 saturated carbocycles. The number of hydrogen-bond acceptors (Lipinski definition) is 12. The molecule has 5 aliphatic rings. The zero-order valence-electron chi connectivity index (χ0n) is 28.8. The molecule has 0 radical (unpaired) electrons. The molecule has 48 heavy (non-hydrogen) atoms. The first kappa shape index (κ1) is 36.0. The van der Waals surface area contributed by atoms with Crippen LogP contribution >= 0.6 is 0 Å². The van der Waals surface area contributed by atoms with E-state index in [2.05, 4.69) is 0 Å². The maximum atomic E-state index is 13.6. The average Bonchev–Trinajstić information content (AvgIpc) is 3.65. The molecule has 12 nitrogen and oxygen atoms in total. The van der Waals surface area contributed by atoms with Gasteiger partial charge in [0.2, 0.25) is 0 Å². The largest absolute Gasteiger partial charge is 0.457 e. The van der Waals surface area contributed by atoms with Gasteiger partial charge in [0.25, 0.3) is 0 Å². The Hall–Kier alpha value is -3.32. The Bertz CT molecular complexity index is 1380. The Kier molecular flexibility index (Phi) is 11.0. The fourth-order valence-electron chi connectivity index (χ4n) is 8.17. The maximum Gasteiger partial charge on any atom is 0.417 e. The number of methoxy groups -OCH3 is 1. The fourth-order valence-corrected chi connectivity index (χ4v) is 8.17. The van der Waals surface area contributed by atoms with E-state index < -0.39 is 77.9 Å². The molecule has 1 N–H and O–H groups in total. The number of aliphatic hydroxyl groups is 1. The first-order valence-electron chi connectivity index (χ1n) is 16.9. The van der Waals surface area contributed by atoms with Gasteiger partial charge < -0.3 is 38.4 Å². The monoisotopic (exact) mass is 671 g/mol. The molecule has 12 atom stereocenters. The van der Waals surface area contributed by atoms with Crippen LogP contribution in [0.25, 0.3) is 0 Å². The summed E-state index contributed by atoms with van der Waals surface area (Å²) in [5.74, 6) is -5.31. The molecule has 2 aliphatic heterocycles. The van der Waals surface area contributed by atoms with E-state index in [0.717, 1.165) is 5.57 Å². The van der Waals surface area contributed by atoms with E-state index in [1.54, 1.807) is 13.0 Å². The van der Waals surface area contributed by atoms with Crippen LogP contribution in [0.1, 0.15) is 47.0 Å². The highest BCUT2D eigenvalue weighted by Crippen LogP contribution is 2.61. The van der Waals surface area contributed by atoms with Crippen molar-refractivity contribution in [1.82, 2.24) is 4.90 Å². The summed E-state index contributed by atoms with van der Waals surface area (Å²) in [7, 11) is 5.20. The van der Waals surface area contributed by atoms with Gasteiger partial charge in [-0.25, -0.2) is 19.2 Å². The molecule has 5 rings (SSSR count). The van der Waals surface area contributed by atoms with Crippen LogP contribution < -0.4 is 0 Å². The minimum Gasteiger partial charge on any atom is -0.457 e. The van der Waals surface area contributed by atoms with Gasteiger partial charge in [-0.3, -0.25) is 0 Å². The van der Waals surface area contributed by atoms with E-state index in [4.69, 9.17) is 28.4 Å². The van der Waals surface area contributed by atoms with Crippen LogP contribution in [-0.2, 0) is 47.6 Å². The SMILES string of the molecule is CO[C@H]1C[C@H]2C=CC3C4C(O)[C@@H](C)[C@@H](OC(=O)C5=CC=CC5)[C@@H]3O[C@]42/C(C)=C/[C@@H](C)[C@@H]([C@@H](C)OC(=O)C(=O)OCCCN(C)C)OC1=O. The number of rotatable bonds is 9. The molecular formula is C36H49NO11. The summed E-state index contributed by atoms with van der Waals surface area (Å²) in [6, 6.07) is 0. The van der Waals surface area contributed by atoms with Crippen LogP contribution in [0.4, 0.5) is 0 Å². The predicted molar refractivity (Wildman–Crippen MR) is 172 cm³/mol. The van der Waals surface area contributed by atoms with Crippen LogP contribution in [0.2, 0.25) is 0 Å². The molecule has 264 valence electrons. The van der Waals surface area contributed by atoms with Gasteiger partial charge in [0.05, 0.1) is 12.7 Å². The minimum atomic E-state index is -1.18. The van der Waals surface area contributed by atoms with E-state index in [9.17, 15) is 24.3 Å². The predicted octanol–water partition coefficient (Wildman–Crippen LogP) is 2.69. The lowest BCUT2D eigenvalue weighted by atomic mass is 9.57. The van der Waals surface area contributed by atoms with Crippen molar-refractivity contribution in [1.29, 1.82) is 0 Å². The van der Waals surface area contributed by atoms with Crippen molar-refractivity contribution < 1.29 is 52.7 Å². The highest BCUT2D eigenvalue weighted by Gasteiger charge is 2.69. The maximum absolute atomic E-state index is 13.6. The van der Waals surface area contributed by atoms with Crippen molar-refractivity contribution in [2.75, 3.05) is 34.4 Å². The lowest BCUT2D eigenvalue weighted by Crippen LogP contribution is -2.57. The summed E-state index contributed by atoms with van der Waals surface area (Å²) in [6.45, 7) is 7.93. The van der Waals surface area contributed by atoms with Crippen molar-refractivity contribution in [3.63, 3.8) is 0 Å². The highest BCUT2D eigenvalue weighted by molar-refractivity contribution is 6.29. The Labute approximate surface area is 282 Å². The summed E-state index contributed by atoms with van der Waals surface area (Å²) >= 11 is 0. The number of esters is 4. The van der Waals surface area contributed by atoms with Crippen molar-refractivity contribution >= 4 is 23.9 Å². The van der Waals surface area contributed by atoms with E-state index in [0.29, 0.717) is 25.0 Å². The molecular weight excluding hydrogens is 622 g/mol. The minimum absolute atomic E-state index is 0.0627. The lowest BCUT2D eigenvalue weighted by Gasteiger charge is -2.49. The van der Waals surface area contributed by atoms with Gasteiger partial charge in [-0.05, 0) is 52.8 Å². The van der Waals surface area contributed by atoms with E-state index in [1.807, 2.05) is 70.1 Å². The van der Waals surface area contributed by atoms with Crippen LogP contribution in [0.15, 0.2) is 47.6 Å². The quantitative estimate of drug-likeness (QED) is 0.126. The Balaban J connectivity index is 1.42. The normalized spacial score (nSPS) is 38.6. The van der Waals surface area contributed by atoms with Crippen molar-refractivity contribution in [2.24, 2.45) is 29.6 Å². The number of allylic oxidation sites excluding steroid dienone is 3. The van der Waals surface area contributed by atoms with Crippen molar-refractivity contribution in [2.45, 2.75) is 89.2 Å². The topological polar surface area (TPSA) is 147 Å². The molecule has 1 saturated heterocycles. The van der Waals surface area contributed by atoms with Crippen LogP contribution in [-0.4, -0.2) is 110 Å². The van der Waals surface area contributed by atoms with Crippen LogP contribution in [0.3, 0.4) is 0 Å². The zero-order valence-corrected chi connectivity index (χ0v) is 28.8. The molecule has 0 amide bonds. The summed E-state index contributed by atoms with van der Waals surface area (Å²) < 4.78 is 35.2. The molecule has 1 spiro atoms. The summed E-state index contributed by atoms with van der Waals surface area (Å²) in [5, 5.41) is 11.9. The van der Waals surface area contributed by atoms with Crippen molar-refractivity contribution in [3.05, 3.63) is 47.6 Å². The second-order valence-electron chi connectivity index (χ2n) is 14.0. The lowest BCUT2D eigenvalue weighted by molar-refractivity contribution is -0.184. The Morgan fingerprint density at radius 1 is 1.17 bits per heavy atom. The molecule has 12 heteroatoms. The second-order valence-corrected chi connectivity index (χ2v) is 14.0. The number of nitrogens with zero attached hydrogens (tertiary/aromatic N) is 1. The molecule has 2 heterocycles. The number of aliphatic hydroxyl groups excluding tert-OH is 1. The number of cyclic esters (lactones) is 1. The van der Waals surface area contributed by atoms with Gasteiger partial charge in [0, 0.05) is 48.8 Å². The summed E-state index contributed by atoms with van der Waals surface area (Å²) in [5.41, 5.74) is 0.311. The number of carbonyl (C=O) groups is 4.